The molecule has 7 heteroatoms. The van der Waals surface area contributed by atoms with E-state index in [0.29, 0.717) is 21.7 Å². The molecule has 0 bridgehead atoms. The van der Waals surface area contributed by atoms with Crippen molar-refractivity contribution >= 4 is 56.1 Å². The smallest absolute Gasteiger partial charge is 0.191 e. The van der Waals surface area contributed by atoms with Gasteiger partial charge in [0.2, 0.25) is 0 Å². The summed E-state index contributed by atoms with van der Waals surface area (Å²) in [6.45, 7) is 5.22. The molecule has 0 radical (unpaired) electrons. The zero-order valence-electron chi connectivity index (χ0n) is 12.5. The first-order valence-corrected chi connectivity index (χ1v) is 9.08. The number of hydrogen-bond donors (Lipinski definition) is 0. The fourth-order valence-corrected chi connectivity index (χ4v) is 3.85. The molecule has 1 aromatic heterocycles. The molecule has 118 valence electrons. The van der Waals surface area contributed by atoms with Gasteiger partial charge in [-0.2, -0.15) is 0 Å². The predicted molar refractivity (Wildman–Crippen MR) is 100 cm³/mol. The summed E-state index contributed by atoms with van der Waals surface area (Å²) in [5.74, 6) is 1.19. The minimum absolute atomic E-state index is 0.464. The van der Waals surface area contributed by atoms with E-state index in [9.17, 15) is 0 Å². The van der Waals surface area contributed by atoms with Crippen LogP contribution >= 0.6 is 51.1 Å². The second-order valence-electron chi connectivity index (χ2n) is 5.13. The lowest BCUT2D eigenvalue weighted by atomic mass is 10.2. The Morgan fingerprint density at radius 2 is 2.23 bits per heavy atom. The largest absolute Gasteiger partial charge is 0.496 e. The average molecular weight is 420 g/mol. The third-order valence-electron chi connectivity index (χ3n) is 2.84. The van der Waals surface area contributed by atoms with E-state index in [2.05, 4.69) is 39.3 Å². The summed E-state index contributed by atoms with van der Waals surface area (Å²) in [6, 6.07) is 5.35. The van der Waals surface area contributed by atoms with Gasteiger partial charge in [0.05, 0.1) is 16.5 Å². The Balaban J connectivity index is 2.45. The van der Waals surface area contributed by atoms with E-state index in [4.69, 9.17) is 28.6 Å². The van der Waals surface area contributed by atoms with Crippen LogP contribution in [0, 0.1) is 5.92 Å². The third-order valence-corrected chi connectivity index (χ3v) is 4.89. The Hall–Kier alpha value is -0.690. The third kappa shape index (κ3) is 4.41. The summed E-state index contributed by atoms with van der Waals surface area (Å²) in [4.78, 5) is 5.92. The topological polar surface area (TPSA) is 26.5 Å². The highest BCUT2D eigenvalue weighted by molar-refractivity contribution is 9.11. The maximum Gasteiger partial charge on any atom is 0.191 e. The summed E-state index contributed by atoms with van der Waals surface area (Å²) < 4.78 is 8.46. The minimum atomic E-state index is 0.464. The van der Waals surface area contributed by atoms with Gasteiger partial charge in [-0.3, -0.25) is 0 Å². The van der Waals surface area contributed by atoms with Crippen LogP contribution in [0.4, 0.5) is 0 Å². The SMILES string of the molecule is COc1ccc(Cl)cc1C(=S)N=c1sc(Br)cn1CC(C)C. The van der Waals surface area contributed by atoms with Crippen molar-refractivity contribution in [2.45, 2.75) is 20.4 Å². The molecule has 2 aromatic rings. The van der Waals surface area contributed by atoms with Crippen LogP contribution in [0.2, 0.25) is 5.02 Å². The molecule has 0 aliphatic carbocycles. The molecule has 0 saturated carbocycles. The van der Waals surface area contributed by atoms with Crippen LogP contribution in [0.5, 0.6) is 5.75 Å². The molecule has 0 aliphatic heterocycles. The van der Waals surface area contributed by atoms with Gasteiger partial charge in [0, 0.05) is 17.8 Å². The first-order valence-electron chi connectivity index (χ1n) is 6.69. The van der Waals surface area contributed by atoms with Crippen LogP contribution < -0.4 is 9.54 Å². The fraction of sp³-hybridized carbons (Fsp3) is 0.333. The van der Waals surface area contributed by atoms with E-state index in [1.165, 1.54) is 0 Å². The molecular weight excluding hydrogens is 404 g/mol. The number of rotatable bonds is 4. The zero-order valence-corrected chi connectivity index (χ0v) is 16.4. The highest BCUT2D eigenvalue weighted by atomic mass is 79.9. The molecule has 22 heavy (non-hydrogen) atoms. The van der Waals surface area contributed by atoms with E-state index in [1.54, 1.807) is 36.6 Å². The summed E-state index contributed by atoms with van der Waals surface area (Å²) in [5.41, 5.74) is 0.727. The second kappa shape index (κ2) is 7.73. The van der Waals surface area contributed by atoms with Crippen molar-refractivity contribution in [3.8, 4) is 5.75 Å². The Kier molecular flexibility index (Phi) is 6.20. The van der Waals surface area contributed by atoms with Gasteiger partial charge in [-0.15, -0.1) is 0 Å². The van der Waals surface area contributed by atoms with E-state index in [-0.39, 0.29) is 0 Å². The number of nitrogens with zero attached hydrogens (tertiary/aromatic N) is 2. The number of hydrogen-bond acceptors (Lipinski definition) is 3. The summed E-state index contributed by atoms with van der Waals surface area (Å²) >= 11 is 16.6. The average Bonchev–Trinajstić information content (AvgIpc) is 2.77. The van der Waals surface area contributed by atoms with E-state index >= 15 is 0 Å². The zero-order chi connectivity index (χ0) is 16.3. The van der Waals surface area contributed by atoms with Crippen LogP contribution in [-0.2, 0) is 6.54 Å². The van der Waals surface area contributed by atoms with Gasteiger partial charge < -0.3 is 9.30 Å². The Labute approximate surface area is 152 Å². The van der Waals surface area contributed by atoms with Crippen molar-refractivity contribution in [2.24, 2.45) is 10.9 Å². The molecule has 0 saturated heterocycles. The van der Waals surface area contributed by atoms with E-state index in [0.717, 1.165) is 20.7 Å². The van der Waals surface area contributed by atoms with Crippen molar-refractivity contribution in [3.05, 3.63) is 43.6 Å². The Morgan fingerprint density at radius 1 is 1.50 bits per heavy atom. The number of aromatic nitrogens is 1. The summed E-state index contributed by atoms with van der Waals surface area (Å²) in [6.07, 6.45) is 2.03. The Bertz CT molecular complexity index is 752. The van der Waals surface area contributed by atoms with Crippen molar-refractivity contribution in [1.82, 2.24) is 4.57 Å². The number of thiocarbonyl (C=S) groups is 1. The molecular formula is C15H16BrClN2OS2. The maximum atomic E-state index is 6.06. The molecule has 0 N–H and O–H groups in total. The molecule has 1 heterocycles. The first-order chi connectivity index (χ1) is 10.4. The molecule has 0 spiro atoms. The van der Waals surface area contributed by atoms with Gasteiger partial charge in [-0.1, -0.05) is 49.0 Å². The molecule has 0 aliphatic rings. The highest BCUT2D eigenvalue weighted by Gasteiger charge is 2.10. The number of halogens is 2. The fourth-order valence-electron chi connectivity index (χ4n) is 1.96. The molecule has 0 fully saturated rings. The standard InChI is InChI=1S/C15H16BrClN2OS2/c1-9(2)7-19-8-13(16)22-15(19)18-14(21)11-6-10(17)4-5-12(11)20-3/h4-6,8-9H,7H2,1-3H3. The van der Waals surface area contributed by atoms with Crippen molar-refractivity contribution in [3.63, 3.8) is 0 Å². The van der Waals surface area contributed by atoms with Crippen molar-refractivity contribution in [2.75, 3.05) is 7.11 Å². The van der Waals surface area contributed by atoms with Gasteiger partial charge in [0.1, 0.15) is 10.7 Å². The van der Waals surface area contributed by atoms with Crippen molar-refractivity contribution in [1.29, 1.82) is 0 Å². The second-order valence-corrected chi connectivity index (χ2v) is 8.34. The number of methoxy groups -OCH3 is 1. The molecule has 0 atom stereocenters. The predicted octanol–water partition coefficient (Wildman–Crippen LogP) is 4.91. The molecule has 3 nitrogen and oxygen atoms in total. The monoisotopic (exact) mass is 418 g/mol. The van der Waals surface area contributed by atoms with Crippen LogP contribution in [0.1, 0.15) is 19.4 Å². The highest BCUT2D eigenvalue weighted by Crippen LogP contribution is 2.24. The van der Waals surface area contributed by atoms with Gasteiger partial charge >= 0.3 is 0 Å². The number of ether oxygens (including phenoxy) is 1. The lowest BCUT2D eigenvalue weighted by Crippen LogP contribution is -2.18. The van der Waals surface area contributed by atoms with Crippen molar-refractivity contribution < 1.29 is 4.74 Å². The quantitative estimate of drug-likeness (QED) is 0.658. The number of thiazole rings is 1. The van der Waals surface area contributed by atoms with Gasteiger partial charge in [0.25, 0.3) is 0 Å². The van der Waals surface area contributed by atoms with Crippen LogP contribution in [0.25, 0.3) is 0 Å². The number of benzene rings is 1. The molecule has 1 aromatic carbocycles. The minimum Gasteiger partial charge on any atom is -0.496 e. The molecule has 0 amide bonds. The first kappa shape index (κ1) is 17.7. The Morgan fingerprint density at radius 3 is 2.86 bits per heavy atom. The van der Waals surface area contributed by atoms with Gasteiger partial charge in [0.15, 0.2) is 4.80 Å². The van der Waals surface area contributed by atoms with E-state index in [1.807, 2.05) is 6.20 Å². The summed E-state index contributed by atoms with van der Waals surface area (Å²) in [7, 11) is 1.61. The molecule has 2 rings (SSSR count). The van der Waals surface area contributed by atoms with E-state index < -0.39 is 0 Å². The van der Waals surface area contributed by atoms with Crippen LogP contribution in [0.15, 0.2) is 33.2 Å². The van der Waals surface area contributed by atoms with Gasteiger partial charge in [-0.05, 0) is 40.0 Å². The van der Waals surface area contributed by atoms with Gasteiger partial charge in [-0.25, -0.2) is 4.99 Å². The van der Waals surface area contributed by atoms with Crippen LogP contribution in [0.3, 0.4) is 0 Å². The molecule has 0 unspecified atom stereocenters. The summed E-state index contributed by atoms with van der Waals surface area (Å²) in [5, 5.41) is 0.607. The normalized spacial score (nSPS) is 12.0. The maximum absolute atomic E-state index is 6.06. The lowest BCUT2D eigenvalue weighted by molar-refractivity contribution is 0.414. The lowest BCUT2D eigenvalue weighted by Gasteiger charge is -2.08. The van der Waals surface area contributed by atoms with Crippen LogP contribution in [-0.4, -0.2) is 16.7 Å².